The summed E-state index contributed by atoms with van der Waals surface area (Å²) in [7, 11) is 0. The Balaban J connectivity index is 4.36. The van der Waals surface area contributed by atoms with Crippen LogP contribution in [0, 0.1) is 0 Å². The molecular formula is C54H98O6. The van der Waals surface area contributed by atoms with Crippen molar-refractivity contribution in [2.24, 2.45) is 0 Å². The maximum atomic E-state index is 12.8. The highest BCUT2D eigenvalue weighted by Crippen LogP contribution is 2.16. The molecule has 0 bridgehead atoms. The predicted octanol–water partition coefficient (Wildman–Crippen LogP) is 16.9. The van der Waals surface area contributed by atoms with Crippen molar-refractivity contribution in [2.45, 2.75) is 277 Å². The third-order valence-corrected chi connectivity index (χ3v) is 11.4. The van der Waals surface area contributed by atoms with E-state index in [4.69, 9.17) is 14.2 Å². The van der Waals surface area contributed by atoms with E-state index in [1.165, 1.54) is 135 Å². The molecule has 0 heterocycles. The maximum absolute atomic E-state index is 12.8. The highest BCUT2D eigenvalue weighted by Gasteiger charge is 2.19. The zero-order chi connectivity index (χ0) is 43.7. The Hall–Kier alpha value is -2.37. The van der Waals surface area contributed by atoms with Gasteiger partial charge in [-0.25, -0.2) is 0 Å². The summed E-state index contributed by atoms with van der Waals surface area (Å²) in [5.74, 6) is -0.879. The van der Waals surface area contributed by atoms with Crippen molar-refractivity contribution in [3.8, 4) is 0 Å². The van der Waals surface area contributed by atoms with Gasteiger partial charge in [-0.05, 0) is 51.4 Å². The minimum Gasteiger partial charge on any atom is -0.462 e. The molecule has 0 radical (unpaired) electrons. The van der Waals surface area contributed by atoms with Gasteiger partial charge in [0, 0.05) is 19.3 Å². The molecule has 0 fully saturated rings. The van der Waals surface area contributed by atoms with Crippen molar-refractivity contribution in [1.29, 1.82) is 0 Å². The average Bonchev–Trinajstić information content (AvgIpc) is 3.24. The monoisotopic (exact) mass is 843 g/mol. The summed E-state index contributed by atoms with van der Waals surface area (Å²) in [6.45, 7) is 6.53. The molecule has 6 heteroatoms. The van der Waals surface area contributed by atoms with Gasteiger partial charge in [0.25, 0.3) is 0 Å². The molecule has 0 aliphatic heterocycles. The molecule has 60 heavy (non-hydrogen) atoms. The highest BCUT2D eigenvalue weighted by atomic mass is 16.6. The van der Waals surface area contributed by atoms with Crippen molar-refractivity contribution in [1.82, 2.24) is 0 Å². The van der Waals surface area contributed by atoms with Gasteiger partial charge >= 0.3 is 17.9 Å². The second-order valence-electron chi connectivity index (χ2n) is 17.4. The second-order valence-corrected chi connectivity index (χ2v) is 17.4. The van der Waals surface area contributed by atoms with Gasteiger partial charge in [-0.3, -0.25) is 14.4 Å². The first-order valence-corrected chi connectivity index (χ1v) is 26.0. The van der Waals surface area contributed by atoms with Crippen LogP contribution in [0.4, 0.5) is 0 Å². The number of allylic oxidation sites excluding steroid dienone is 6. The molecular weight excluding hydrogens is 745 g/mol. The van der Waals surface area contributed by atoms with E-state index >= 15 is 0 Å². The van der Waals surface area contributed by atoms with Gasteiger partial charge in [0.15, 0.2) is 6.10 Å². The number of unbranched alkanes of at least 4 members (excludes halogenated alkanes) is 30. The van der Waals surface area contributed by atoms with E-state index in [2.05, 4.69) is 57.2 Å². The topological polar surface area (TPSA) is 78.9 Å². The lowest BCUT2D eigenvalue weighted by molar-refractivity contribution is -0.167. The van der Waals surface area contributed by atoms with Crippen molar-refractivity contribution in [3.05, 3.63) is 36.5 Å². The van der Waals surface area contributed by atoms with E-state index in [1.807, 2.05) is 0 Å². The van der Waals surface area contributed by atoms with E-state index < -0.39 is 6.10 Å². The molecule has 0 aromatic rings. The van der Waals surface area contributed by atoms with Crippen molar-refractivity contribution >= 4 is 17.9 Å². The number of rotatable bonds is 47. The lowest BCUT2D eigenvalue weighted by Gasteiger charge is -2.18. The van der Waals surface area contributed by atoms with Gasteiger partial charge in [-0.15, -0.1) is 0 Å². The average molecular weight is 843 g/mol. The van der Waals surface area contributed by atoms with Crippen molar-refractivity contribution in [2.75, 3.05) is 13.2 Å². The van der Waals surface area contributed by atoms with Gasteiger partial charge in [0.1, 0.15) is 13.2 Å². The van der Waals surface area contributed by atoms with Crippen LogP contribution in [0.2, 0.25) is 0 Å². The number of carbonyl (C=O) groups is 3. The zero-order valence-corrected chi connectivity index (χ0v) is 40.0. The summed E-state index contributed by atoms with van der Waals surface area (Å²) in [6, 6.07) is 0. The fourth-order valence-electron chi connectivity index (χ4n) is 7.52. The number of esters is 3. The van der Waals surface area contributed by atoms with Crippen LogP contribution >= 0.6 is 0 Å². The molecule has 1 unspecified atom stereocenters. The largest absolute Gasteiger partial charge is 0.462 e. The minimum atomic E-state index is -0.773. The number of hydrogen-bond acceptors (Lipinski definition) is 6. The first-order valence-electron chi connectivity index (χ1n) is 26.0. The minimum absolute atomic E-state index is 0.0734. The summed E-state index contributed by atoms with van der Waals surface area (Å²) in [5.41, 5.74) is 0. The Kier molecular flexibility index (Phi) is 47.3. The molecule has 0 spiro atoms. The summed E-state index contributed by atoms with van der Waals surface area (Å²) in [4.78, 5) is 37.9. The van der Waals surface area contributed by atoms with E-state index in [1.54, 1.807) is 0 Å². The van der Waals surface area contributed by atoms with E-state index in [-0.39, 0.29) is 31.1 Å². The molecule has 0 amide bonds. The maximum Gasteiger partial charge on any atom is 0.306 e. The molecule has 0 aliphatic rings. The van der Waals surface area contributed by atoms with E-state index in [0.29, 0.717) is 19.3 Å². The van der Waals surface area contributed by atoms with Crippen LogP contribution in [0.15, 0.2) is 36.5 Å². The quantitative estimate of drug-likeness (QED) is 0.0263. The highest BCUT2D eigenvalue weighted by molar-refractivity contribution is 5.71. The molecule has 0 saturated carbocycles. The molecule has 350 valence electrons. The Morgan fingerprint density at radius 3 is 1.02 bits per heavy atom. The van der Waals surface area contributed by atoms with Crippen LogP contribution in [-0.2, 0) is 28.6 Å². The second kappa shape index (κ2) is 49.3. The van der Waals surface area contributed by atoms with E-state index in [0.717, 1.165) is 96.3 Å². The molecule has 0 aromatic carbocycles. The summed E-state index contributed by atoms with van der Waals surface area (Å²) >= 11 is 0. The number of hydrogen-bond donors (Lipinski definition) is 0. The molecule has 0 aliphatic carbocycles. The third-order valence-electron chi connectivity index (χ3n) is 11.4. The first-order chi connectivity index (χ1) is 29.5. The van der Waals surface area contributed by atoms with Gasteiger partial charge in [-0.2, -0.15) is 0 Å². The lowest BCUT2D eigenvalue weighted by atomic mass is 10.0. The summed E-state index contributed by atoms with van der Waals surface area (Å²) in [5, 5.41) is 0. The Morgan fingerprint density at radius 2 is 0.650 bits per heavy atom. The van der Waals surface area contributed by atoms with Crippen LogP contribution in [-0.4, -0.2) is 37.2 Å². The number of carbonyl (C=O) groups excluding carboxylic acids is 3. The first kappa shape index (κ1) is 57.6. The standard InChI is InChI=1S/C54H98O6/c1-4-7-10-13-16-19-22-25-27-29-32-35-38-41-44-47-53(56)59-50-51(49-58-52(55)46-43-40-37-34-31-24-21-18-15-12-9-6-3)60-54(57)48-45-42-39-36-33-30-28-26-23-20-17-14-11-8-5-2/h7,10,16,19,25,27,51H,4-6,8-9,11-15,17-18,20-24,26,28-50H2,1-3H3. The Bertz CT molecular complexity index is 1020. The van der Waals surface area contributed by atoms with Crippen LogP contribution in [0.25, 0.3) is 0 Å². The van der Waals surface area contributed by atoms with Gasteiger partial charge in [0.2, 0.25) is 0 Å². The predicted molar refractivity (Wildman–Crippen MR) is 256 cm³/mol. The zero-order valence-electron chi connectivity index (χ0n) is 40.0. The molecule has 0 N–H and O–H groups in total. The summed E-state index contributed by atoms with van der Waals surface area (Å²) in [6.07, 6.45) is 56.9. The van der Waals surface area contributed by atoms with Crippen LogP contribution in [0.1, 0.15) is 271 Å². The van der Waals surface area contributed by atoms with Crippen LogP contribution in [0.5, 0.6) is 0 Å². The fourth-order valence-corrected chi connectivity index (χ4v) is 7.52. The Labute approximate surface area is 372 Å². The van der Waals surface area contributed by atoms with Crippen molar-refractivity contribution in [3.63, 3.8) is 0 Å². The van der Waals surface area contributed by atoms with Gasteiger partial charge < -0.3 is 14.2 Å². The molecule has 0 saturated heterocycles. The smallest absolute Gasteiger partial charge is 0.306 e. The molecule has 0 aromatic heterocycles. The Morgan fingerprint density at radius 1 is 0.350 bits per heavy atom. The van der Waals surface area contributed by atoms with Crippen LogP contribution in [0.3, 0.4) is 0 Å². The molecule has 6 nitrogen and oxygen atoms in total. The SMILES string of the molecule is CCC=CCC=CCC=CCCCCCCCC(=O)OCC(COC(=O)CCCCCCCCCCCCCC)OC(=O)CCCCCCCCCCCCCCCCC. The summed E-state index contributed by atoms with van der Waals surface area (Å²) < 4.78 is 16.8. The van der Waals surface area contributed by atoms with Crippen molar-refractivity contribution < 1.29 is 28.6 Å². The number of ether oxygens (including phenoxy) is 3. The molecule has 0 rings (SSSR count). The lowest BCUT2D eigenvalue weighted by Crippen LogP contribution is -2.30. The van der Waals surface area contributed by atoms with Gasteiger partial charge in [-0.1, -0.05) is 237 Å². The third kappa shape index (κ3) is 46.7. The van der Waals surface area contributed by atoms with Gasteiger partial charge in [0.05, 0.1) is 0 Å². The van der Waals surface area contributed by atoms with Crippen LogP contribution < -0.4 is 0 Å². The molecule has 1 atom stereocenters. The van der Waals surface area contributed by atoms with E-state index in [9.17, 15) is 14.4 Å². The normalized spacial score (nSPS) is 12.2. The fraction of sp³-hybridized carbons (Fsp3) is 0.833.